The zero-order chi connectivity index (χ0) is 43.5. The molecule has 0 bridgehead atoms. The highest BCUT2D eigenvalue weighted by Crippen LogP contribution is 2.57. The van der Waals surface area contributed by atoms with Crippen molar-refractivity contribution in [3.8, 4) is 66.8 Å². The first kappa shape index (κ1) is 38.5. The van der Waals surface area contributed by atoms with Gasteiger partial charge < -0.3 is 4.90 Å². The molecule has 3 aliphatic rings. The molecule has 0 N–H and O–H groups in total. The van der Waals surface area contributed by atoms with Gasteiger partial charge in [-0.15, -0.1) is 0 Å². The van der Waals surface area contributed by atoms with Gasteiger partial charge in [0.15, 0.2) is 0 Å². The lowest BCUT2D eigenvalue weighted by atomic mass is 9.81. The lowest BCUT2D eigenvalue weighted by molar-refractivity contribution is 0.660. The summed E-state index contributed by atoms with van der Waals surface area (Å²) in [6, 6.07) is 75.2. The molecule has 0 spiro atoms. The molecule has 0 unspecified atom stereocenters. The highest BCUT2D eigenvalue weighted by atomic mass is 15.1. The monoisotopic (exact) mass is 821 g/mol. The molecule has 1 nitrogen and oxygen atoms in total. The van der Waals surface area contributed by atoms with Gasteiger partial charge in [0.1, 0.15) is 0 Å². The maximum Gasteiger partial charge on any atom is 0.0543 e. The van der Waals surface area contributed by atoms with E-state index in [1.165, 1.54) is 106 Å². The summed E-state index contributed by atoms with van der Waals surface area (Å²) in [4.78, 5) is 2.53. The number of hydrogen-bond acceptors (Lipinski definition) is 1. The Kier molecular flexibility index (Phi) is 8.35. The molecule has 0 saturated heterocycles. The molecule has 64 heavy (non-hydrogen) atoms. The molecular weight excluding hydrogens is 771 g/mol. The van der Waals surface area contributed by atoms with E-state index in [-0.39, 0.29) is 16.2 Å². The van der Waals surface area contributed by atoms with Crippen LogP contribution in [0.15, 0.2) is 200 Å². The van der Waals surface area contributed by atoms with E-state index in [2.05, 4.69) is 247 Å². The summed E-state index contributed by atoms with van der Waals surface area (Å²) in [5.41, 5.74) is 26.8. The number of nitrogens with zero attached hydrogens (tertiary/aromatic N) is 1. The summed E-state index contributed by atoms with van der Waals surface area (Å²) in [7, 11) is 0. The predicted molar refractivity (Wildman–Crippen MR) is 270 cm³/mol. The quantitative estimate of drug-likeness (QED) is 0.161. The van der Waals surface area contributed by atoms with Gasteiger partial charge in [0.2, 0.25) is 0 Å². The minimum absolute atomic E-state index is 0.0788. The van der Waals surface area contributed by atoms with Crippen LogP contribution in [0.3, 0.4) is 0 Å². The van der Waals surface area contributed by atoms with Gasteiger partial charge >= 0.3 is 0 Å². The molecule has 0 heterocycles. The maximum absolute atomic E-state index is 2.53. The molecule has 0 saturated carbocycles. The SMILES string of the molecule is CC1(C)c2ccccc2-c2c(-c3cccc(N(c4cccc(-c5cccc6c5-c5ccccc5C6(C)C)c4)c4cccc5c4-c4ccc(-c6ccccc6)cc4C5(C)C)c3)cccc21. The summed E-state index contributed by atoms with van der Waals surface area (Å²) in [5.74, 6) is 0. The van der Waals surface area contributed by atoms with E-state index in [1.807, 2.05) is 0 Å². The Balaban J connectivity index is 1.08. The van der Waals surface area contributed by atoms with Crippen LogP contribution in [0.1, 0.15) is 74.9 Å². The molecule has 9 aromatic carbocycles. The van der Waals surface area contributed by atoms with Crippen molar-refractivity contribution in [1.82, 2.24) is 0 Å². The van der Waals surface area contributed by atoms with Gasteiger partial charge in [0.25, 0.3) is 0 Å². The Labute approximate surface area is 378 Å². The third kappa shape index (κ3) is 5.50. The van der Waals surface area contributed by atoms with Crippen molar-refractivity contribution in [3.63, 3.8) is 0 Å². The van der Waals surface area contributed by atoms with Crippen molar-refractivity contribution in [1.29, 1.82) is 0 Å². The van der Waals surface area contributed by atoms with Crippen LogP contribution in [-0.4, -0.2) is 0 Å². The van der Waals surface area contributed by atoms with Crippen molar-refractivity contribution in [2.24, 2.45) is 0 Å². The average Bonchev–Trinajstić information content (AvgIpc) is 3.82. The Morgan fingerprint density at radius 2 is 0.672 bits per heavy atom. The Morgan fingerprint density at radius 3 is 1.23 bits per heavy atom. The summed E-state index contributed by atoms with van der Waals surface area (Å²) in [6.07, 6.45) is 0. The minimum atomic E-state index is -0.198. The number of benzene rings is 9. The molecule has 9 aromatic rings. The van der Waals surface area contributed by atoms with Gasteiger partial charge in [0.05, 0.1) is 5.69 Å². The first-order valence-corrected chi connectivity index (χ1v) is 22.8. The van der Waals surface area contributed by atoms with E-state index in [0.29, 0.717) is 0 Å². The summed E-state index contributed by atoms with van der Waals surface area (Å²) >= 11 is 0. The van der Waals surface area contributed by atoms with Crippen molar-refractivity contribution in [2.45, 2.75) is 57.8 Å². The van der Waals surface area contributed by atoms with Crippen LogP contribution in [-0.2, 0) is 16.2 Å². The van der Waals surface area contributed by atoms with Gasteiger partial charge in [-0.25, -0.2) is 0 Å². The van der Waals surface area contributed by atoms with Crippen molar-refractivity contribution < 1.29 is 0 Å². The largest absolute Gasteiger partial charge is 0.310 e. The van der Waals surface area contributed by atoms with Crippen LogP contribution in [0, 0.1) is 0 Å². The molecule has 0 aromatic heterocycles. The number of fused-ring (bicyclic) bond motifs is 9. The van der Waals surface area contributed by atoms with E-state index in [0.717, 1.165) is 11.4 Å². The van der Waals surface area contributed by atoms with Gasteiger partial charge in [0, 0.05) is 33.2 Å². The van der Waals surface area contributed by atoms with E-state index in [4.69, 9.17) is 0 Å². The standard InChI is InChI=1S/C63H51N/c1-61(2)51-29-12-10-25-48(51)58-46(27-16-31-53(58)61)42-21-14-23-44(37-42)64(45-24-15-22-43(38-45)47-28-17-32-54-59(47)49-26-11-13-30-52(49)62(54,3)4)57-34-18-33-55-60(57)50-36-35-41(39-56(50)63(55,5)6)40-19-8-7-9-20-40/h7-39H,1-6H3. The van der Waals surface area contributed by atoms with Gasteiger partial charge in [-0.05, 0) is 131 Å². The molecule has 0 amide bonds. The van der Waals surface area contributed by atoms with E-state index < -0.39 is 0 Å². The van der Waals surface area contributed by atoms with Crippen molar-refractivity contribution >= 4 is 17.1 Å². The predicted octanol–water partition coefficient (Wildman–Crippen LogP) is 17.1. The first-order valence-electron chi connectivity index (χ1n) is 22.8. The topological polar surface area (TPSA) is 3.24 Å². The van der Waals surface area contributed by atoms with Crippen LogP contribution in [0.5, 0.6) is 0 Å². The smallest absolute Gasteiger partial charge is 0.0543 e. The highest BCUT2D eigenvalue weighted by Gasteiger charge is 2.40. The van der Waals surface area contributed by atoms with E-state index >= 15 is 0 Å². The first-order chi connectivity index (χ1) is 31.0. The Morgan fingerprint density at radius 1 is 0.266 bits per heavy atom. The fraction of sp³-hybridized carbons (Fsp3) is 0.143. The van der Waals surface area contributed by atoms with E-state index in [9.17, 15) is 0 Å². The fourth-order valence-electron chi connectivity index (χ4n) is 11.8. The van der Waals surface area contributed by atoms with Crippen LogP contribution < -0.4 is 4.90 Å². The van der Waals surface area contributed by atoms with Crippen LogP contribution >= 0.6 is 0 Å². The second kappa shape index (κ2) is 13.9. The van der Waals surface area contributed by atoms with Crippen LogP contribution in [0.2, 0.25) is 0 Å². The zero-order valence-corrected chi connectivity index (χ0v) is 37.5. The fourth-order valence-corrected chi connectivity index (χ4v) is 11.8. The van der Waals surface area contributed by atoms with Gasteiger partial charge in [-0.1, -0.05) is 205 Å². The summed E-state index contributed by atoms with van der Waals surface area (Å²) in [5, 5.41) is 0. The zero-order valence-electron chi connectivity index (χ0n) is 37.5. The Bertz CT molecular complexity index is 3210. The second-order valence-corrected chi connectivity index (χ2v) is 19.7. The molecule has 0 atom stereocenters. The summed E-state index contributed by atoms with van der Waals surface area (Å²) in [6.45, 7) is 14.3. The molecule has 1 heteroatoms. The maximum atomic E-state index is 2.53. The molecule has 0 aliphatic heterocycles. The minimum Gasteiger partial charge on any atom is -0.310 e. The average molecular weight is 822 g/mol. The Hall–Kier alpha value is -7.22. The third-order valence-corrected chi connectivity index (χ3v) is 15.1. The highest BCUT2D eigenvalue weighted by molar-refractivity contribution is 5.99. The van der Waals surface area contributed by atoms with Gasteiger partial charge in [-0.2, -0.15) is 0 Å². The molecule has 308 valence electrons. The molecule has 12 rings (SSSR count). The lowest BCUT2D eigenvalue weighted by Gasteiger charge is -2.30. The van der Waals surface area contributed by atoms with Crippen LogP contribution in [0.4, 0.5) is 17.1 Å². The molecular formula is C63H51N. The second-order valence-electron chi connectivity index (χ2n) is 19.7. The molecule has 3 aliphatic carbocycles. The normalized spacial score (nSPS) is 15.1. The molecule has 0 radical (unpaired) electrons. The van der Waals surface area contributed by atoms with Gasteiger partial charge in [-0.3, -0.25) is 0 Å². The van der Waals surface area contributed by atoms with Crippen molar-refractivity contribution in [3.05, 3.63) is 234 Å². The number of hydrogen-bond donors (Lipinski definition) is 0. The van der Waals surface area contributed by atoms with E-state index in [1.54, 1.807) is 0 Å². The number of rotatable bonds is 6. The van der Waals surface area contributed by atoms with Crippen LogP contribution in [0.25, 0.3) is 66.8 Å². The molecule has 0 fully saturated rings. The summed E-state index contributed by atoms with van der Waals surface area (Å²) < 4.78 is 0. The lowest BCUT2D eigenvalue weighted by Crippen LogP contribution is -2.16. The number of anilines is 3. The third-order valence-electron chi connectivity index (χ3n) is 15.1. The van der Waals surface area contributed by atoms with Crippen molar-refractivity contribution in [2.75, 3.05) is 4.90 Å².